The molecule has 0 saturated carbocycles. The molecule has 0 amide bonds. The predicted molar refractivity (Wildman–Crippen MR) is 78.7 cm³/mol. The van der Waals surface area contributed by atoms with Gasteiger partial charge in [-0.2, -0.15) is 5.10 Å². The number of aromatic nitrogens is 2. The van der Waals surface area contributed by atoms with Gasteiger partial charge in [-0.1, -0.05) is 5.92 Å². The second-order valence-electron chi connectivity index (χ2n) is 5.13. The van der Waals surface area contributed by atoms with Crippen molar-refractivity contribution in [2.75, 3.05) is 13.6 Å². The van der Waals surface area contributed by atoms with Crippen LogP contribution in [-0.2, 0) is 13.1 Å². The molecule has 0 aliphatic heterocycles. The monoisotopic (exact) mass is 305 g/mol. The van der Waals surface area contributed by atoms with Crippen LogP contribution in [0.15, 0.2) is 30.6 Å². The molecule has 4 nitrogen and oxygen atoms in total. The summed E-state index contributed by atoms with van der Waals surface area (Å²) in [6.45, 7) is 1.07. The van der Waals surface area contributed by atoms with Gasteiger partial charge in [0.15, 0.2) is 0 Å². The molecule has 0 aliphatic carbocycles. The largest absolute Gasteiger partial charge is 0.387 e. The van der Waals surface area contributed by atoms with E-state index >= 15 is 0 Å². The minimum absolute atomic E-state index is 0.0464. The Bertz CT molecular complexity index is 678. The molecular formula is C16H17F2N3O. The van der Waals surface area contributed by atoms with Crippen LogP contribution in [0.4, 0.5) is 8.78 Å². The Morgan fingerprint density at radius 3 is 2.95 bits per heavy atom. The summed E-state index contributed by atoms with van der Waals surface area (Å²) in [7, 11) is 1.78. The first-order valence-corrected chi connectivity index (χ1v) is 6.76. The molecule has 1 N–H and O–H groups in total. The lowest BCUT2D eigenvalue weighted by Crippen LogP contribution is -2.24. The van der Waals surface area contributed by atoms with Crippen LogP contribution in [0.1, 0.15) is 17.2 Å². The number of nitrogens with zero attached hydrogens (tertiary/aromatic N) is 3. The van der Waals surface area contributed by atoms with Gasteiger partial charge in [0.1, 0.15) is 18.2 Å². The molecule has 0 bridgehead atoms. The predicted octanol–water partition coefficient (Wildman–Crippen LogP) is 1.96. The van der Waals surface area contributed by atoms with Crippen molar-refractivity contribution in [3.8, 4) is 12.3 Å². The first-order chi connectivity index (χ1) is 10.5. The van der Waals surface area contributed by atoms with Crippen LogP contribution in [0.3, 0.4) is 0 Å². The van der Waals surface area contributed by atoms with E-state index in [1.165, 1.54) is 0 Å². The molecule has 1 aromatic carbocycles. The Labute approximate surface area is 128 Å². The fraction of sp³-hybridized carbons (Fsp3) is 0.312. The number of likely N-dealkylation sites (N-methyl/N-ethyl adjacent to an activating group) is 1. The molecular weight excluding hydrogens is 288 g/mol. The normalized spacial score (nSPS) is 12.4. The van der Waals surface area contributed by atoms with Gasteiger partial charge in [-0.05, 0) is 25.2 Å². The van der Waals surface area contributed by atoms with Crippen LogP contribution >= 0.6 is 0 Å². The van der Waals surface area contributed by atoms with E-state index in [1.54, 1.807) is 22.8 Å². The van der Waals surface area contributed by atoms with Gasteiger partial charge in [0.05, 0.1) is 12.3 Å². The molecule has 6 heteroatoms. The number of hydrogen-bond acceptors (Lipinski definition) is 3. The van der Waals surface area contributed by atoms with E-state index in [4.69, 9.17) is 6.42 Å². The van der Waals surface area contributed by atoms with Gasteiger partial charge in [-0.15, -0.1) is 6.42 Å². The summed E-state index contributed by atoms with van der Waals surface area (Å²) >= 11 is 0. The fourth-order valence-electron chi connectivity index (χ4n) is 2.21. The maximum absolute atomic E-state index is 13.6. The van der Waals surface area contributed by atoms with Crippen molar-refractivity contribution in [2.45, 2.75) is 19.2 Å². The van der Waals surface area contributed by atoms with E-state index in [0.29, 0.717) is 13.1 Å². The number of aliphatic hydroxyl groups is 1. The molecule has 2 rings (SSSR count). The topological polar surface area (TPSA) is 41.3 Å². The lowest BCUT2D eigenvalue weighted by atomic mass is 10.1. The van der Waals surface area contributed by atoms with Gasteiger partial charge in [0.2, 0.25) is 0 Å². The number of aliphatic hydroxyl groups excluding tert-OH is 1. The van der Waals surface area contributed by atoms with Gasteiger partial charge in [-0.25, -0.2) is 8.78 Å². The molecule has 2 aromatic rings. The Hall–Kier alpha value is -2.23. The molecule has 0 aliphatic rings. The number of benzene rings is 1. The first-order valence-electron chi connectivity index (χ1n) is 6.76. The van der Waals surface area contributed by atoms with Crippen LogP contribution in [0, 0.1) is 24.0 Å². The molecule has 0 radical (unpaired) electrons. The van der Waals surface area contributed by atoms with Crippen molar-refractivity contribution in [2.24, 2.45) is 0 Å². The third-order valence-corrected chi connectivity index (χ3v) is 3.19. The fourth-order valence-corrected chi connectivity index (χ4v) is 2.21. The summed E-state index contributed by atoms with van der Waals surface area (Å²) in [4.78, 5) is 1.80. The third-order valence-electron chi connectivity index (χ3n) is 3.19. The minimum atomic E-state index is -1.11. The van der Waals surface area contributed by atoms with Gasteiger partial charge in [-0.3, -0.25) is 9.58 Å². The maximum Gasteiger partial charge on any atom is 0.129 e. The van der Waals surface area contributed by atoms with Crippen molar-refractivity contribution in [3.63, 3.8) is 0 Å². The quantitative estimate of drug-likeness (QED) is 0.830. The third kappa shape index (κ3) is 4.13. The highest BCUT2D eigenvalue weighted by molar-refractivity contribution is 5.21. The van der Waals surface area contributed by atoms with Crippen LogP contribution in [0.25, 0.3) is 0 Å². The summed E-state index contributed by atoms with van der Waals surface area (Å²) in [6, 6.07) is 3.05. The molecule has 1 aromatic heterocycles. The second kappa shape index (κ2) is 7.16. The number of terminal acetylenes is 1. The van der Waals surface area contributed by atoms with Gasteiger partial charge >= 0.3 is 0 Å². The lowest BCUT2D eigenvalue weighted by molar-refractivity contribution is 0.120. The van der Waals surface area contributed by atoms with Gasteiger partial charge < -0.3 is 5.11 Å². The summed E-state index contributed by atoms with van der Waals surface area (Å²) in [5.74, 6) is 1.29. The lowest BCUT2D eigenvalue weighted by Gasteiger charge is -2.20. The van der Waals surface area contributed by atoms with Crippen LogP contribution in [0.5, 0.6) is 0 Å². The molecule has 1 unspecified atom stereocenters. The zero-order chi connectivity index (χ0) is 16.1. The summed E-state index contributed by atoms with van der Waals surface area (Å²) in [6.07, 6.45) is 7.59. The molecule has 22 heavy (non-hydrogen) atoms. The molecule has 0 fully saturated rings. The Morgan fingerprint density at radius 1 is 1.45 bits per heavy atom. The van der Waals surface area contributed by atoms with E-state index in [0.717, 1.165) is 23.8 Å². The maximum atomic E-state index is 13.6. The molecule has 0 spiro atoms. The minimum Gasteiger partial charge on any atom is -0.387 e. The summed E-state index contributed by atoms with van der Waals surface area (Å²) < 4.78 is 28.4. The van der Waals surface area contributed by atoms with Crippen molar-refractivity contribution < 1.29 is 13.9 Å². The Morgan fingerprint density at radius 2 is 2.23 bits per heavy atom. The first kappa shape index (κ1) is 16.1. The highest BCUT2D eigenvalue weighted by Crippen LogP contribution is 2.19. The average Bonchev–Trinajstić information content (AvgIpc) is 2.89. The summed E-state index contributed by atoms with van der Waals surface area (Å²) in [5, 5.41) is 14.2. The van der Waals surface area contributed by atoms with Crippen molar-refractivity contribution in [3.05, 3.63) is 53.4 Å². The Balaban J connectivity index is 1.97. The molecule has 1 atom stereocenters. The zero-order valence-corrected chi connectivity index (χ0v) is 12.2. The van der Waals surface area contributed by atoms with Crippen molar-refractivity contribution in [1.29, 1.82) is 0 Å². The Kier molecular flexibility index (Phi) is 5.26. The van der Waals surface area contributed by atoms with Crippen LogP contribution in [0.2, 0.25) is 0 Å². The average molecular weight is 305 g/mol. The zero-order valence-electron chi connectivity index (χ0n) is 12.2. The summed E-state index contributed by atoms with van der Waals surface area (Å²) in [5.41, 5.74) is 0.875. The van der Waals surface area contributed by atoms with Gasteiger partial charge in [0, 0.05) is 30.4 Å². The van der Waals surface area contributed by atoms with E-state index < -0.39 is 17.7 Å². The van der Waals surface area contributed by atoms with Crippen molar-refractivity contribution in [1.82, 2.24) is 14.7 Å². The smallest absolute Gasteiger partial charge is 0.129 e. The van der Waals surface area contributed by atoms with E-state index in [2.05, 4.69) is 11.0 Å². The van der Waals surface area contributed by atoms with Gasteiger partial charge in [0.25, 0.3) is 0 Å². The number of halogens is 2. The van der Waals surface area contributed by atoms with E-state index in [1.807, 2.05) is 6.20 Å². The van der Waals surface area contributed by atoms with E-state index in [-0.39, 0.29) is 12.1 Å². The molecule has 116 valence electrons. The standard InChI is InChI=1S/C16H17F2N3O/c1-3-6-21-10-12(8-19-21)9-20(2)11-16(22)14-7-13(17)4-5-15(14)18/h1,4-5,7-8,10,16,22H,6,9,11H2,2H3. The highest BCUT2D eigenvalue weighted by Gasteiger charge is 2.16. The number of hydrogen-bond donors (Lipinski definition) is 1. The van der Waals surface area contributed by atoms with Crippen molar-refractivity contribution >= 4 is 0 Å². The molecule has 0 saturated heterocycles. The van der Waals surface area contributed by atoms with E-state index in [9.17, 15) is 13.9 Å². The SMILES string of the molecule is C#CCn1cc(CN(C)CC(O)c2cc(F)ccc2F)cn1. The molecule has 1 heterocycles. The van der Waals surface area contributed by atoms with Crippen LogP contribution in [-0.4, -0.2) is 33.4 Å². The second-order valence-corrected chi connectivity index (χ2v) is 5.13. The number of rotatable bonds is 6. The van der Waals surface area contributed by atoms with Crippen LogP contribution < -0.4 is 0 Å². The highest BCUT2D eigenvalue weighted by atomic mass is 19.1.